The third-order valence-electron chi connectivity index (χ3n) is 2.42. The second-order valence-corrected chi connectivity index (χ2v) is 4.88. The summed E-state index contributed by atoms with van der Waals surface area (Å²) >= 11 is 3.55. The summed E-state index contributed by atoms with van der Waals surface area (Å²) in [4.78, 5) is 4.15. The summed E-state index contributed by atoms with van der Waals surface area (Å²) in [5, 5.41) is 7.15. The Kier molecular flexibility index (Phi) is 3.47. The molecular weight excluding hydrogens is 282 g/mol. The van der Waals surface area contributed by atoms with Gasteiger partial charge in [0.05, 0.1) is 12.2 Å². The minimum Gasteiger partial charge on any atom is -0.376 e. The van der Waals surface area contributed by atoms with Crippen LogP contribution in [0.4, 0.5) is 5.69 Å². The van der Waals surface area contributed by atoms with Crippen LogP contribution in [-0.2, 0) is 6.54 Å². The van der Waals surface area contributed by atoms with Gasteiger partial charge in [-0.2, -0.15) is 4.98 Å². The maximum Gasteiger partial charge on any atom is 0.223 e. The first-order valence-electron chi connectivity index (χ1n) is 5.36. The summed E-state index contributed by atoms with van der Waals surface area (Å²) < 4.78 is 5.97. The highest BCUT2D eigenvalue weighted by Gasteiger charge is 2.07. The fourth-order valence-corrected chi connectivity index (χ4v) is 2.53. The molecule has 0 radical (unpaired) electrons. The third kappa shape index (κ3) is 2.85. The van der Waals surface area contributed by atoms with Gasteiger partial charge in [0.1, 0.15) is 0 Å². The van der Waals surface area contributed by atoms with Gasteiger partial charge in [-0.25, -0.2) is 0 Å². The van der Waals surface area contributed by atoms with Gasteiger partial charge < -0.3 is 9.84 Å². The first-order valence-corrected chi connectivity index (χ1v) is 6.15. The molecule has 0 fully saturated rings. The minimum absolute atomic E-state index is 0.555. The number of rotatable bonds is 3. The molecule has 0 bridgehead atoms. The van der Waals surface area contributed by atoms with Crippen molar-refractivity contribution >= 4 is 21.6 Å². The Morgan fingerprint density at radius 2 is 2.06 bits per heavy atom. The van der Waals surface area contributed by atoms with Gasteiger partial charge in [-0.1, -0.05) is 11.2 Å². The Bertz CT molecular complexity index is 513. The van der Waals surface area contributed by atoms with E-state index in [2.05, 4.69) is 57.4 Å². The van der Waals surface area contributed by atoms with Crippen LogP contribution >= 0.6 is 15.9 Å². The fraction of sp³-hybridized carbons (Fsp3) is 0.333. The summed E-state index contributed by atoms with van der Waals surface area (Å²) in [6.07, 6.45) is 0. The standard InChI is InChI=1S/C12H14BrN3O/c1-7-4-8(2)12(10(13)5-7)14-6-11-15-9(3)17-16-11/h4-5,14H,6H2,1-3H3. The first kappa shape index (κ1) is 12.1. The predicted octanol–water partition coefficient (Wildman–Crippen LogP) is 3.37. The van der Waals surface area contributed by atoms with E-state index in [9.17, 15) is 0 Å². The zero-order valence-corrected chi connectivity index (χ0v) is 11.6. The van der Waals surface area contributed by atoms with Gasteiger partial charge in [0.15, 0.2) is 5.82 Å². The van der Waals surface area contributed by atoms with Crippen molar-refractivity contribution in [1.82, 2.24) is 10.1 Å². The van der Waals surface area contributed by atoms with Crippen molar-refractivity contribution in [3.05, 3.63) is 39.4 Å². The largest absolute Gasteiger partial charge is 0.376 e. The number of aryl methyl sites for hydroxylation is 3. The van der Waals surface area contributed by atoms with Crippen molar-refractivity contribution in [1.29, 1.82) is 0 Å². The Balaban J connectivity index is 2.14. The predicted molar refractivity (Wildman–Crippen MR) is 70.0 cm³/mol. The normalized spacial score (nSPS) is 10.6. The van der Waals surface area contributed by atoms with Crippen LogP contribution < -0.4 is 5.32 Å². The molecule has 17 heavy (non-hydrogen) atoms. The molecule has 1 aromatic carbocycles. The van der Waals surface area contributed by atoms with Gasteiger partial charge in [0.2, 0.25) is 5.89 Å². The van der Waals surface area contributed by atoms with Crippen molar-refractivity contribution < 1.29 is 4.52 Å². The van der Waals surface area contributed by atoms with Crippen LogP contribution in [0.25, 0.3) is 0 Å². The van der Waals surface area contributed by atoms with E-state index in [0.717, 1.165) is 10.2 Å². The van der Waals surface area contributed by atoms with Crippen LogP contribution in [0, 0.1) is 20.8 Å². The zero-order valence-electron chi connectivity index (χ0n) is 10.0. The minimum atomic E-state index is 0.555. The van der Waals surface area contributed by atoms with E-state index in [-0.39, 0.29) is 0 Å². The van der Waals surface area contributed by atoms with E-state index in [1.165, 1.54) is 11.1 Å². The quantitative estimate of drug-likeness (QED) is 0.943. The van der Waals surface area contributed by atoms with E-state index in [0.29, 0.717) is 18.3 Å². The van der Waals surface area contributed by atoms with Crippen molar-refractivity contribution in [2.45, 2.75) is 27.3 Å². The van der Waals surface area contributed by atoms with Crippen molar-refractivity contribution in [2.75, 3.05) is 5.32 Å². The second-order valence-electron chi connectivity index (χ2n) is 4.02. The van der Waals surface area contributed by atoms with Crippen molar-refractivity contribution in [3.63, 3.8) is 0 Å². The Hall–Kier alpha value is -1.36. The molecule has 1 heterocycles. The zero-order chi connectivity index (χ0) is 12.4. The van der Waals surface area contributed by atoms with Crippen LogP contribution in [0.3, 0.4) is 0 Å². The molecule has 2 rings (SSSR count). The average Bonchev–Trinajstić information content (AvgIpc) is 2.62. The average molecular weight is 296 g/mol. The molecule has 0 atom stereocenters. The number of halogens is 1. The van der Waals surface area contributed by atoms with Crippen LogP contribution in [-0.4, -0.2) is 10.1 Å². The number of benzene rings is 1. The monoisotopic (exact) mass is 295 g/mol. The lowest BCUT2D eigenvalue weighted by Crippen LogP contribution is -2.03. The van der Waals surface area contributed by atoms with E-state index < -0.39 is 0 Å². The molecule has 0 unspecified atom stereocenters. The number of aromatic nitrogens is 2. The van der Waals surface area contributed by atoms with Crippen LogP contribution in [0.1, 0.15) is 22.8 Å². The maximum absolute atomic E-state index is 4.92. The smallest absolute Gasteiger partial charge is 0.223 e. The summed E-state index contributed by atoms with van der Waals surface area (Å²) in [7, 11) is 0. The number of hydrogen-bond donors (Lipinski definition) is 1. The summed E-state index contributed by atoms with van der Waals surface area (Å²) in [5.74, 6) is 1.25. The number of hydrogen-bond acceptors (Lipinski definition) is 4. The molecular formula is C12H14BrN3O. The molecule has 0 aliphatic heterocycles. The van der Waals surface area contributed by atoms with Crippen LogP contribution in [0.5, 0.6) is 0 Å². The van der Waals surface area contributed by atoms with Gasteiger partial charge >= 0.3 is 0 Å². The first-order chi connectivity index (χ1) is 8.06. The van der Waals surface area contributed by atoms with E-state index in [1.807, 2.05) is 0 Å². The molecule has 0 saturated heterocycles. The third-order valence-corrected chi connectivity index (χ3v) is 3.05. The number of nitrogens with one attached hydrogen (secondary N) is 1. The summed E-state index contributed by atoms with van der Waals surface area (Å²) in [6, 6.07) is 4.21. The Morgan fingerprint density at radius 1 is 1.29 bits per heavy atom. The highest BCUT2D eigenvalue weighted by molar-refractivity contribution is 9.10. The number of nitrogens with zero attached hydrogens (tertiary/aromatic N) is 2. The molecule has 0 spiro atoms. The van der Waals surface area contributed by atoms with Crippen LogP contribution in [0.15, 0.2) is 21.1 Å². The summed E-state index contributed by atoms with van der Waals surface area (Å²) in [5.41, 5.74) is 3.49. The van der Waals surface area contributed by atoms with Gasteiger partial charge in [-0.05, 0) is 47.0 Å². The topological polar surface area (TPSA) is 51.0 Å². The van der Waals surface area contributed by atoms with Gasteiger partial charge in [0.25, 0.3) is 0 Å². The van der Waals surface area contributed by atoms with Crippen molar-refractivity contribution in [3.8, 4) is 0 Å². The van der Waals surface area contributed by atoms with Crippen LogP contribution in [0.2, 0.25) is 0 Å². The second kappa shape index (κ2) is 4.87. The molecule has 5 heteroatoms. The van der Waals surface area contributed by atoms with Gasteiger partial charge in [-0.15, -0.1) is 0 Å². The molecule has 0 amide bonds. The molecule has 0 aliphatic rings. The van der Waals surface area contributed by atoms with E-state index >= 15 is 0 Å². The lowest BCUT2D eigenvalue weighted by atomic mass is 10.1. The molecule has 0 saturated carbocycles. The van der Waals surface area contributed by atoms with Crippen molar-refractivity contribution in [2.24, 2.45) is 0 Å². The lowest BCUT2D eigenvalue weighted by Gasteiger charge is -2.11. The molecule has 90 valence electrons. The maximum atomic E-state index is 4.92. The SMILES string of the molecule is Cc1cc(C)c(NCc2noc(C)n2)c(Br)c1. The highest BCUT2D eigenvalue weighted by Crippen LogP contribution is 2.27. The molecule has 2 aromatic rings. The molecule has 0 aliphatic carbocycles. The van der Waals surface area contributed by atoms with E-state index in [1.54, 1.807) is 6.92 Å². The number of anilines is 1. The fourth-order valence-electron chi connectivity index (χ4n) is 1.72. The molecule has 1 aromatic heterocycles. The summed E-state index contributed by atoms with van der Waals surface area (Å²) in [6.45, 7) is 6.48. The van der Waals surface area contributed by atoms with Gasteiger partial charge in [0, 0.05) is 11.4 Å². The Morgan fingerprint density at radius 3 is 2.65 bits per heavy atom. The lowest BCUT2D eigenvalue weighted by molar-refractivity contribution is 0.388. The van der Waals surface area contributed by atoms with Gasteiger partial charge in [-0.3, -0.25) is 0 Å². The highest BCUT2D eigenvalue weighted by atomic mass is 79.9. The van der Waals surface area contributed by atoms with E-state index in [4.69, 9.17) is 4.52 Å². The molecule has 1 N–H and O–H groups in total. The molecule has 4 nitrogen and oxygen atoms in total. The Labute approximate surface area is 109 Å².